The number of fused-ring (bicyclic) bond motifs is 2. The second kappa shape index (κ2) is 9.35. The summed E-state index contributed by atoms with van der Waals surface area (Å²) < 4.78 is 1.89. The Morgan fingerprint density at radius 3 is 2.51 bits per heavy atom. The van der Waals surface area contributed by atoms with Crippen molar-refractivity contribution in [3.8, 4) is 0 Å². The number of carbonyl (C=O) groups excluding carboxylic acids is 2. The highest BCUT2D eigenvalue weighted by Gasteiger charge is 2.27. The molecule has 1 heterocycles. The molecule has 1 saturated carbocycles. The molecule has 1 fully saturated rings. The van der Waals surface area contributed by atoms with E-state index in [0.717, 1.165) is 48.3 Å². The number of nitrogens with zero attached hydrogens (tertiary/aromatic N) is 1. The van der Waals surface area contributed by atoms with Crippen LogP contribution in [0.4, 0.5) is 0 Å². The Morgan fingerprint density at radius 2 is 1.77 bits per heavy atom. The van der Waals surface area contributed by atoms with Crippen LogP contribution >= 0.6 is 0 Å². The van der Waals surface area contributed by atoms with Gasteiger partial charge in [0.2, 0.25) is 0 Å². The molecule has 0 saturated heterocycles. The van der Waals surface area contributed by atoms with Gasteiger partial charge in [0, 0.05) is 29.6 Å². The van der Waals surface area contributed by atoms with Crippen LogP contribution in [0.3, 0.4) is 0 Å². The molecule has 0 atom stereocenters. The first-order chi connectivity index (χ1) is 17.0. The fraction of sp³-hybridized carbons (Fsp3) is 0.250. The number of carbonyl (C=O) groups is 2. The Kier molecular flexibility index (Phi) is 6.09. The largest absolute Gasteiger partial charge is 0.384 e. The molecule has 1 aromatic heterocycles. The van der Waals surface area contributed by atoms with Crippen molar-refractivity contribution < 1.29 is 9.59 Å². The van der Waals surface area contributed by atoms with Crippen molar-refractivity contribution >= 4 is 39.7 Å². The van der Waals surface area contributed by atoms with Crippen LogP contribution in [-0.2, 0) is 6.54 Å². The van der Waals surface area contributed by atoms with E-state index >= 15 is 0 Å². The van der Waals surface area contributed by atoms with Crippen LogP contribution in [0, 0.1) is 5.41 Å². The Bertz CT molecular complexity index is 1440. The van der Waals surface area contributed by atoms with Gasteiger partial charge in [0.15, 0.2) is 6.29 Å². The molecule has 0 unspecified atom stereocenters. The molecule has 1 aliphatic carbocycles. The summed E-state index contributed by atoms with van der Waals surface area (Å²) >= 11 is 0. The third kappa shape index (κ3) is 4.31. The SMILES string of the molecule is N=C(N)c1ccc2c(C=O)c(C(=O)NC3CCC(N)CC3)n(Cc3cccc4ccccc34)c2c1. The van der Waals surface area contributed by atoms with E-state index in [-0.39, 0.29) is 23.8 Å². The first-order valence-electron chi connectivity index (χ1n) is 11.9. The molecular weight excluding hydrogens is 438 g/mol. The smallest absolute Gasteiger partial charge is 0.268 e. The van der Waals surface area contributed by atoms with Crippen molar-refractivity contribution in [2.45, 2.75) is 44.3 Å². The zero-order valence-corrected chi connectivity index (χ0v) is 19.5. The zero-order chi connectivity index (χ0) is 24.5. The number of aldehydes is 1. The quantitative estimate of drug-likeness (QED) is 0.195. The van der Waals surface area contributed by atoms with E-state index in [1.165, 1.54) is 0 Å². The summed E-state index contributed by atoms with van der Waals surface area (Å²) in [5.41, 5.74) is 14.8. The van der Waals surface area contributed by atoms with Crippen molar-refractivity contribution in [2.24, 2.45) is 11.5 Å². The van der Waals surface area contributed by atoms with E-state index in [2.05, 4.69) is 23.5 Å². The molecule has 1 amide bonds. The standard InChI is InChI=1S/C28H29N5O2/c29-20-9-11-21(12-10-20)32-28(35)26-24(16-34)23-13-8-18(27(30)31)14-25(23)33(26)15-19-6-3-5-17-4-1-2-7-22(17)19/h1-8,13-14,16,20-21H,9-12,15,29H2,(H3,30,31)(H,32,35). The monoisotopic (exact) mass is 467 g/mol. The lowest BCUT2D eigenvalue weighted by molar-refractivity contribution is 0.0912. The van der Waals surface area contributed by atoms with Gasteiger partial charge in [-0.3, -0.25) is 15.0 Å². The van der Waals surface area contributed by atoms with Gasteiger partial charge < -0.3 is 21.4 Å². The number of aromatic nitrogens is 1. The van der Waals surface area contributed by atoms with Crippen molar-refractivity contribution in [3.63, 3.8) is 0 Å². The Morgan fingerprint density at radius 1 is 1.03 bits per heavy atom. The zero-order valence-electron chi connectivity index (χ0n) is 19.5. The number of benzene rings is 3. The molecule has 5 rings (SSSR count). The molecular formula is C28H29N5O2. The lowest BCUT2D eigenvalue weighted by Crippen LogP contribution is -2.41. The fourth-order valence-electron chi connectivity index (χ4n) is 5.19. The van der Waals surface area contributed by atoms with Gasteiger partial charge in [-0.2, -0.15) is 0 Å². The third-order valence-corrected chi connectivity index (χ3v) is 7.06. The molecule has 6 N–H and O–H groups in total. The molecule has 4 aromatic rings. The number of nitrogens with one attached hydrogen (secondary N) is 2. The highest BCUT2D eigenvalue weighted by molar-refractivity contribution is 6.11. The molecule has 178 valence electrons. The predicted octanol–water partition coefficient (Wildman–Crippen LogP) is 3.94. The van der Waals surface area contributed by atoms with Crippen LogP contribution in [0.25, 0.3) is 21.7 Å². The number of amidine groups is 1. The van der Waals surface area contributed by atoms with Gasteiger partial charge >= 0.3 is 0 Å². The van der Waals surface area contributed by atoms with Crippen molar-refractivity contribution in [2.75, 3.05) is 0 Å². The van der Waals surface area contributed by atoms with Gasteiger partial charge in [0.25, 0.3) is 5.91 Å². The summed E-state index contributed by atoms with van der Waals surface area (Å²) in [5, 5.41) is 13.9. The number of nitrogen functional groups attached to an aromatic ring is 1. The minimum atomic E-state index is -0.270. The minimum Gasteiger partial charge on any atom is -0.384 e. The van der Waals surface area contributed by atoms with Crippen molar-refractivity contribution in [3.05, 3.63) is 83.0 Å². The molecule has 0 radical (unpaired) electrons. The van der Waals surface area contributed by atoms with E-state index in [1.807, 2.05) is 28.8 Å². The van der Waals surface area contributed by atoms with Crippen LogP contribution in [0.15, 0.2) is 60.7 Å². The first-order valence-corrected chi connectivity index (χ1v) is 11.9. The van der Waals surface area contributed by atoms with Crippen molar-refractivity contribution in [1.29, 1.82) is 5.41 Å². The minimum absolute atomic E-state index is 0.0265. The lowest BCUT2D eigenvalue weighted by atomic mass is 9.91. The molecule has 0 aliphatic heterocycles. The molecule has 7 heteroatoms. The second-order valence-corrected chi connectivity index (χ2v) is 9.34. The van der Waals surface area contributed by atoms with Gasteiger partial charge in [-0.05, 0) is 48.1 Å². The topological polar surface area (TPSA) is 127 Å². The summed E-state index contributed by atoms with van der Waals surface area (Å²) in [6.45, 7) is 0.394. The molecule has 35 heavy (non-hydrogen) atoms. The number of nitrogens with two attached hydrogens (primary N) is 2. The summed E-state index contributed by atoms with van der Waals surface area (Å²) in [4.78, 5) is 25.9. The maximum atomic E-state index is 13.6. The van der Waals surface area contributed by atoms with E-state index in [0.29, 0.717) is 34.3 Å². The predicted molar refractivity (Wildman–Crippen MR) is 139 cm³/mol. The maximum absolute atomic E-state index is 13.6. The lowest BCUT2D eigenvalue weighted by Gasteiger charge is -2.27. The number of hydrogen-bond donors (Lipinski definition) is 4. The highest BCUT2D eigenvalue weighted by atomic mass is 16.2. The molecule has 0 spiro atoms. The highest BCUT2D eigenvalue weighted by Crippen LogP contribution is 2.30. The number of rotatable bonds is 6. The number of amides is 1. The Hall–Kier alpha value is -3.97. The Balaban J connectivity index is 1.65. The van der Waals surface area contributed by atoms with Gasteiger partial charge in [-0.15, -0.1) is 0 Å². The third-order valence-electron chi connectivity index (χ3n) is 7.06. The summed E-state index contributed by atoms with van der Waals surface area (Å²) in [5.74, 6) is -0.338. The van der Waals surface area contributed by atoms with Crippen LogP contribution in [0.5, 0.6) is 0 Å². The van der Waals surface area contributed by atoms with E-state index in [9.17, 15) is 9.59 Å². The summed E-state index contributed by atoms with van der Waals surface area (Å²) in [6, 6.07) is 19.7. The van der Waals surface area contributed by atoms with E-state index < -0.39 is 0 Å². The van der Waals surface area contributed by atoms with Gasteiger partial charge in [0.1, 0.15) is 11.5 Å². The maximum Gasteiger partial charge on any atom is 0.268 e. The number of hydrogen-bond acceptors (Lipinski definition) is 4. The van der Waals surface area contributed by atoms with Crippen LogP contribution in [0.1, 0.15) is 57.7 Å². The van der Waals surface area contributed by atoms with Crippen LogP contribution < -0.4 is 16.8 Å². The molecule has 7 nitrogen and oxygen atoms in total. The average molecular weight is 468 g/mol. The van der Waals surface area contributed by atoms with Gasteiger partial charge in [-0.25, -0.2) is 0 Å². The van der Waals surface area contributed by atoms with Crippen LogP contribution in [-0.4, -0.2) is 34.7 Å². The van der Waals surface area contributed by atoms with Gasteiger partial charge in [-0.1, -0.05) is 54.6 Å². The molecule has 0 bridgehead atoms. The second-order valence-electron chi connectivity index (χ2n) is 9.34. The normalized spacial score (nSPS) is 18.0. The molecule has 1 aliphatic rings. The van der Waals surface area contributed by atoms with E-state index in [1.54, 1.807) is 18.2 Å². The van der Waals surface area contributed by atoms with E-state index in [4.69, 9.17) is 16.9 Å². The average Bonchev–Trinajstić information content (AvgIpc) is 3.18. The first kappa shape index (κ1) is 22.8. The fourth-order valence-corrected chi connectivity index (χ4v) is 5.19. The van der Waals surface area contributed by atoms with Crippen LogP contribution in [0.2, 0.25) is 0 Å². The summed E-state index contributed by atoms with van der Waals surface area (Å²) in [6.07, 6.45) is 4.13. The molecule has 3 aromatic carbocycles. The summed E-state index contributed by atoms with van der Waals surface area (Å²) in [7, 11) is 0. The Labute approximate surface area is 203 Å². The van der Waals surface area contributed by atoms with Gasteiger partial charge in [0.05, 0.1) is 11.1 Å². The van der Waals surface area contributed by atoms with Crippen molar-refractivity contribution in [1.82, 2.24) is 9.88 Å².